The topological polar surface area (TPSA) is 18.8 Å². The molecule has 5 atom stereocenters. The van der Waals surface area contributed by atoms with Gasteiger partial charge in [-0.1, -0.05) is 81.4 Å². The average molecular weight is 402 g/mol. The fourth-order valence-electron chi connectivity index (χ4n) is 6.71. The predicted molar refractivity (Wildman–Crippen MR) is 124 cm³/mol. The van der Waals surface area contributed by atoms with E-state index in [0.717, 1.165) is 11.9 Å². The quantitative estimate of drug-likeness (QED) is 0.636. The van der Waals surface area contributed by atoms with Crippen LogP contribution in [-0.2, 0) is 0 Å². The van der Waals surface area contributed by atoms with E-state index in [1.807, 2.05) is 0 Å². The van der Waals surface area contributed by atoms with E-state index in [1.54, 1.807) is 0 Å². The summed E-state index contributed by atoms with van der Waals surface area (Å²) in [7, 11) is 4.47. The minimum Gasteiger partial charge on any atom is -0.336 e. The van der Waals surface area contributed by atoms with E-state index in [1.165, 1.54) is 30.4 Å². The molecule has 0 spiro atoms. The number of benzene rings is 2. The fourth-order valence-corrected chi connectivity index (χ4v) is 6.71. The summed E-state index contributed by atoms with van der Waals surface area (Å²) in [5, 5.41) is 0. The molecule has 2 aromatic carbocycles. The van der Waals surface area contributed by atoms with Crippen LogP contribution in [0.3, 0.4) is 0 Å². The second-order valence-corrected chi connectivity index (χ2v) is 10.5. The lowest BCUT2D eigenvalue weighted by molar-refractivity contribution is 0.136. The van der Waals surface area contributed by atoms with Crippen molar-refractivity contribution in [2.75, 3.05) is 14.1 Å². The van der Waals surface area contributed by atoms with Crippen LogP contribution in [0.5, 0.6) is 0 Å². The van der Waals surface area contributed by atoms with Crippen molar-refractivity contribution >= 4 is 5.96 Å². The molecule has 0 unspecified atom stereocenters. The highest BCUT2D eigenvalue weighted by Crippen LogP contribution is 2.66. The Balaban J connectivity index is 1.57. The normalized spacial score (nSPS) is 34.6. The zero-order valence-corrected chi connectivity index (χ0v) is 19.0. The second kappa shape index (κ2) is 6.87. The number of nitrogens with zero attached hydrogens (tertiary/aromatic N) is 3. The van der Waals surface area contributed by atoms with Crippen LogP contribution in [-0.4, -0.2) is 35.9 Å². The van der Waals surface area contributed by atoms with Crippen LogP contribution in [0.1, 0.15) is 63.2 Å². The van der Waals surface area contributed by atoms with Gasteiger partial charge >= 0.3 is 0 Å². The van der Waals surface area contributed by atoms with Crippen molar-refractivity contribution < 1.29 is 0 Å². The van der Waals surface area contributed by atoms with Gasteiger partial charge in [0.1, 0.15) is 0 Å². The van der Waals surface area contributed by atoms with Gasteiger partial charge in [0.15, 0.2) is 5.96 Å². The third kappa shape index (κ3) is 2.67. The van der Waals surface area contributed by atoms with Crippen molar-refractivity contribution in [3.05, 3.63) is 71.8 Å². The molecule has 2 aliphatic carbocycles. The summed E-state index contributed by atoms with van der Waals surface area (Å²) < 4.78 is 0. The van der Waals surface area contributed by atoms with E-state index in [4.69, 9.17) is 4.99 Å². The second-order valence-electron chi connectivity index (χ2n) is 10.5. The Bertz CT molecular complexity index is 882. The Kier molecular flexibility index (Phi) is 4.50. The van der Waals surface area contributed by atoms with Crippen molar-refractivity contribution in [2.45, 2.75) is 58.2 Å². The molecule has 2 aromatic rings. The van der Waals surface area contributed by atoms with Crippen molar-refractivity contribution in [3.63, 3.8) is 0 Å². The molecule has 3 aliphatic rings. The van der Waals surface area contributed by atoms with E-state index in [-0.39, 0.29) is 12.1 Å². The summed E-state index contributed by atoms with van der Waals surface area (Å²) in [6, 6.07) is 22.8. The predicted octanol–water partition coefficient (Wildman–Crippen LogP) is 5.92. The van der Waals surface area contributed by atoms with Crippen LogP contribution in [0, 0.1) is 16.7 Å². The summed E-state index contributed by atoms with van der Waals surface area (Å²) in [6.07, 6.45) is 3.92. The number of hydrogen-bond acceptors (Lipinski definition) is 1. The van der Waals surface area contributed by atoms with Gasteiger partial charge < -0.3 is 9.80 Å². The number of aliphatic imine (C=N–C) groups is 1. The minimum atomic E-state index is 0.261. The van der Waals surface area contributed by atoms with Crippen LogP contribution < -0.4 is 0 Å². The molecule has 0 aromatic heterocycles. The zero-order chi connectivity index (χ0) is 21.1. The van der Waals surface area contributed by atoms with Gasteiger partial charge in [0, 0.05) is 14.1 Å². The van der Waals surface area contributed by atoms with Gasteiger partial charge in [0.25, 0.3) is 0 Å². The summed E-state index contributed by atoms with van der Waals surface area (Å²) in [5.74, 6) is 1.95. The Morgan fingerprint density at radius 1 is 0.800 bits per heavy atom. The molecule has 5 rings (SSSR count). The molecule has 0 radical (unpaired) electrons. The maximum absolute atomic E-state index is 5.51. The molecule has 3 fully saturated rings. The maximum Gasteiger partial charge on any atom is 0.197 e. The lowest BCUT2D eigenvalue weighted by Crippen LogP contribution is -2.38. The Labute approximate surface area is 181 Å². The van der Waals surface area contributed by atoms with Gasteiger partial charge in [0.2, 0.25) is 0 Å². The minimum absolute atomic E-state index is 0.261. The number of rotatable bonds is 3. The van der Waals surface area contributed by atoms with Crippen LogP contribution in [0.25, 0.3) is 0 Å². The van der Waals surface area contributed by atoms with Gasteiger partial charge in [-0.15, -0.1) is 0 Å². The third-order valence-corrected chi connectivity index (χ3v) is 9.07. The monoisotopic (exact) mass is 401 g/mol. The highest BCUT2D eigenvalue weighted by atomic mass is 15.5. The SMILES string of the molecule is CN1C(=N[C@H]2C[C@H]3CC[C@]2(C)C3(C)C)N(C)[C@@H](c2ccccc2)[C@@H]1c1ccccc1. The highest BCUT2D eigenvalue weighted by Gasteiger charge is 2.61. The maximum atomic E-state index is 5.51. The highest BCUT2D eigenvalue weighted by molar-refractivity contribution is 5.83. The van der Waals surface area contributed by atoms with E-state index in [0.29, 0.717) is 16.9 Å². The van der Waals surface area contributed by atoms with E-state index in [2.05, 4.69) is 105 Å². The molecule has 3 nitrogen and oxygen atoms in total. The lowest BCUT2D eigenvalue weighted by Gasteiger charge is -2.38. The molecule has 1 aliphatic heterocycles. The average Bonchev–Trinajstić information content (AvgIpc) is 3.21. The molecule has 0 N–H and O–H groups in total. The Hall–Kier alpha value is -2.29. The van der Waals surface area contributed by atoms with Gasteiger partial charge in [-0.2, -0.15) is 0 Å². The van der Waals surface area contributed by atoms with Crippen molar-refractivity contribution in [1.82, 2.24) is 9.80 Å². The molecule has 30 heavy (non-hydrogen) atoms. The first-order chi connectivity index (χ1) is 14.3. The van der Waals surface area contributed by atoms with Crippen LogP contribution in [0.2, 0.25) is 0 Å². The summed E-state index contributed by atoms with van der Waals surface area (Å²) in [4.78, 5) is 10.4. The van der Waals surface area contributed by atoms with Gasteiger partial charge in [-0.3, -0.25) is 0 Å². The summed E-state index contributed by atoms with van der Waals surface area (Å²) in [5.41, 5.74) is 3.39. The van der Waals surface area contributed by atoms with Gasteiger partial charge in [-0.25, -0.2) is 4.99 Å². The van der Waals surface area contributed by atoms with Crippen molar-refractivity contribution in [1.29, 1.82) is 0 Å². The molecule has 2 bridgehead atoms. The zero-order valence-electron chi connectivity index (χ0n) is 19.0. The lowest BCUT2D eigenvalue weighted by atomic mass is 9.69. The molecule has 2 saturated carbocycles. The number of fused-ring (bicyclic) bond motifs is 2. The first kappa shape index (κ1) is 19.7. The molecule has 3 heteroatoms. The largest absolute Gasteiger partial charge is 0.336 e. The number of hydrogen-bond donors (Lipinski definition) is 0. The smallest absolute Gasteiger partial charge is 0.197 e. The molecular formula is C27H35N3. The first-order valence-electron chi connectivity index (χ1n) is 11.5. The molecule has 158 valence electrons. The first-order valence-corrected chi connectivity index (χ1v) is 11.5. The van der Waals surface area contributed by atoms with Crippen LogP contribution in [0.15, 0.2) is 65.7 Å². The Morgan fingerprint density at radius 2 is 1.30 bits per heavy atom. The van der Waals surface area contributed by atoms with Crippen molar-refractivity contribution in [3.8, 4) is 0 Å². The van der Waals surface area contributed by atoms with E-state index in [9.17, 15) is 0 Å². The van der Waals surface area contributed by atoms with E-state index >= 15 is 0 Å². The number of guanidine groups is 1. The van der Waals surface area contributed by atoms with Crippen LogP contribution >= 0.6 is 0 Å². The molecule has 1 saturated heterocycles. The summed E-state index contributed by atoms with van der Waals surface area (Å²) in [6.45, 7) is 7.45. The third-order valence-electron chi connectivity index (χ3n) is 9.07. The van der Waals surface area contributed by atoms with E-state index < -0.39 is 0 Å². The number of likely N-dealkylation sites (N-methyl/N-ethyl adjacent to an activating group) is 2. The fraction of sp³-hybridized carbons (Fsp3) is 0.519. The molecule has 1 heterocycles. The van der Waals surface area contributed by atoms with Crippen molar-refractivity contribution in [2.24, 2.45) is 21.7 Å². The molecular weight excluding hydrogens is 366 g/mol. The molecule has 0 amide bonds. The summed E-state index contributed by atoms with van der Waals surface area (Å²) >= 11 is 0. The van der Waals surface area contributed by atoms with Crippen LogP contribution in [0.4, 0.5) is 0 Å². The van der Waals surface area contributed by atoms with Gasteiger partial charge in [0.05, 0.1) is 18.1 Å². The Morgan fingerprint density at radius 3 is 1.70 bits per heavy atom. The standard InChI is InChI=1S/C27H35N3/c1-26(2)21-16-17-27(26,3)22(18-21)28-25-29(4)23(19-12-8-6-9-13-19)24(30(25)5)20-14-10-7-11-15-20/h6-15,21-24H,16-18H2,1-5H3/t21-,22+,23+,24+,27+/m1/s1. The van der Waals surface area contributed by atoms with Gasteiger partial charge in [-0.05, 0) is 47.1 Å².